The predicted molar refractivity (Wildman–Crippen MR) is 68.6 cm³/mol. The summed E-state index contributed by atoms with van der Waals surface area (Å²) >= 11 is 0. The maximum atomic E-state index is 9.87. The van der Waals surface area contributed by atoms with E-state index in [0.29, 0.717) is 17.9 Å². The average Bonchev–Trinajstić information content (AvgIpc) is 2.37. The van der Waals surface area contributed by atoms with Crippen LogP contribution >= 0.6 is 0 Å². The monoisotopic (exact) mass is 234 g/mol. The molecule has 1 aromatic carbocycles. The fourth-order valence-electron chi connectivity index (χ4n) is 1.67. The molecule has 3 heteroatoms. The molecule has 0 fully saturated rings. The Balaban J connectivity index is 3.33. The highest BCUT2D eigenvalue weighted by Crippen LogP contribution is 2.33. The number of aliphatic hydroxyl groups is 1. The van der Waals surface area contributed by atoms with Gasteiger partial charge in [-0.25, -0.2) is 0 Å². The van der Waals surface area contributed by atoms with Gasteiger partial charge in [-0.2, -0.15) is 0 Å². The van der Waals surface area contributed by atoms with E-state index >= 15 is 0 Å². The Morgan fingerprint density at radius 3 is 2.29 bits per heavy atom. The molecule has 0 radical (unpaired) electrons. The molecule has 1 aromatic rings. The summed E-state index contributed by atoms with van der Waals surface area (Å²) in [4.78, 5) is 0. The fraction of sp³-hybridized carbons (Fsp3) is 0.286. The number of allylic oxidation sites excluding steroid dienone is 1. The molecule has 0 spiro atoms. The van der Waals surface area contributed by atoms with Crippen molar-refractivity contribution >= 4 is 0 Å². The second-order valence-corrected chi connectivity index (χ2v) is 3.58. The molecular weight excluding hydrogens is 216 g/mol. The SMILES string of the molecule is C=CCc1cc(OC)c(OC)cc1C(O)C=C. The molecular formula is C14H18O3. The molecule has 0 heterocycles. The third-order valence-electron chi connectivity index (χ3n) is 2.55. The number of aliphatic hydroxyl groups excluding tert-OH is 1. The van der Waals surface area contributed by atoms with Crippen LogP contribution in [0.2, 0.25) is 0 Å². The van der Waals surface area contributed by atoms with Crippen molar-refractivity contribution in [1.82, 2.24) is 0 Å². The first-order valence-corrected chi connectivity index (χ1v) is 5.34. The van der Waals surface area contributed by atoms with Crippen LogP contribution < -0.4 is 9.47 Å². The van der Waals surface area contributed by atoms with Crippen molar-refractivity contribution in [3.63, 3.8) is 0 Å². The molecule has 0 aliphatic rings. The van der Waals surface area contributed by atoms with E-state index in [1.165, 1.54) is 6.08 Å². The van der Waals surface area contributed by atoms with Gasteiger partial charge >= 0.3 is 0 Å². The molecule has 0 saturated heterocycles. The number of rotatable bonds is 6. The smallest absolute Gasteiger partial charge is 0.161 e. The Labute approximate surface area is 102 Å². The lowest BCUT2D eigenvalue weighted by molar-refractivity contribution is 0.227. The van der Waals surface area contributed by atoms with Crippen LogP contribution in [0.15, 0.2) is 37.4 Å². The molecule has 0 aliphatic carbocycles. The third-order valence-corrected chi connectivity index (χ3v) is 2.55. The number of hydrogen-bond acceptors (Lipinski definition) is 3. The lowest BCUT2D eigenvalue weighted by Gasteiger charge is -2.16. The standard InChI is InChI=1S/C14H18O3/c1-5-7-10-8-13(16-3)14(17-4)9-11(10)12(15)6-2/h5-6,8-9,12,15H,1-2,7H2,3-4H3. The van der Waals surface area contributed by atoms with Crippen LogP contribution in [0, 0.1) is 0 Å². The van der Waals surface area contributed by atoms with Crippen molar-refractivity contribution in [3.05, 3.63) is 48.6 Å². The number of methoxy groups -OCH3 is 2. The summed E-state index contributed by atoms with van der Waals surface area (Å²) in [5.74, 6) is 1.24. The second kappa shape index (κ2) is 6.11. The Kier molecular flexibility index (Phi) is 4.79. The lowest BCUT2D eigenvalue weighted by Crippen LogP contribution is -2.02. The van der Waals surface area contributed by atoms with Gasteiger partial charge in [0.2, 0.25) is 0 Å². The Bertz CT molecular complexity index is 410. The maximum Gasteiger partial charge on any atom is 0.161 e. The van der Waals surface area contributed by atoms with Crippen LogP contribution in [0.1, 0.15) is 17.2 Å². The zero-order chi connectivity index (χ0) is 12.8. The van der Waals surface area contributed by atoms with E-state index in [0.717, 1.165) is 11.1 Å². The predicted octanol–water partition coefficient (Wildman–Crippen LogP) is 2.65. The average molecular weight is 234 g/mol. The van der Waals surface area contributed by atoms with E-state index in [2.05, 4.69) is 13.2 Å². The van der Waals surface area contributed by atoms with Gasteiger partial charge in [-0.05, 0) is 29.7 Å². The molecule has 1 atom stereocenters. The van der Waals surface area contributed by atoms with Crippen molar-refractivity contribution in [1.29, 1.82) is 0 Å². The number of hydrogen-bond donors (Lipinski definition) is 1. The molecule has 92 valence electrons. The van der Waals surface area contributed by atoms with Crippen molar-refractivity contribution in [2.24, 2.45) is 0 Å². The van der Waals surface area contributed by atoms with Gasteiger partial charge in [-0.3, -0.25) is 0 Å². The quantitative estimate of drug-likeness (QED) is 0.769. The summed E-state index contributed by atoms with van der Waals surface area (Å²) in [7, 11) is 3.15. The van der Waals surface area contributed by atoms with Crippen LogP contribution in [-0.4, -0.2) is 19.3 Å². The van der Waals surface area contributed by atoms with Gasteiger partial charge in [0.15, 0.2) is 11.5 Å². The van der Waals surface area contributed by atoms with E-state index in [-0.39, 0.29) is 0 Å². The van der Waals surface area contributed by atoms with E-state index < -0.39 is 6.10 Å². The normalized spacial score (nSPS) is 11.7. The van der Waals surface area contributed by atoms with Crippen LogP contribution in [0.5, 0.6) is 11.5 Å². The molecule has 1 N–H and O–H groups in total. The topological polar surface area (TPSA) is 38.7 Å². The van der Waals surface area contributed by atoms with Crippen molar-refractivity contribution in [3.8, 4) is 11.5 Å². The van der Waals surface area contributed by atoms with Crippen LogP contribution in [0.4, 0.5) is 0 Å². The van der Waals surface area contributed by atoms with Crippen molar-refractivity contribution in [2.45, 2.75) is 12.5 Å². The minimum atomic E-state index is -0.718. The highest BCUT2D eigenvalue weighted by molar-refractivity contribution is 5.49. The van der Waals surface area contributed by atoms with E-state index in [4.69, 9.17) is 9.47 Å². The van der Waals surface area contributed by atoms with Gasteiger partial charge < -0.3 is 14.6 Å². The van der Waals surface area contributed by atoms with Crippen LogP contribution in [-0.2, 0) is 6.42 Å². The molecule has 1 unspecified atom stereocenters. The first kappa shape index (κ1) is 13.3. The minimum absolute atomic E-state index is 0.594. The highest BCUT2D eigenvalue weighted by Gasteiger charge is 2.14. The summed E-state index contributed by atoms with van der Waals surface area (Å²) in [6.07, 6.45) is 3.19. The maximum absolute atomic E-state index is 9.87. The largest absolute Gasteiger partial charge is 0.493 e. The Morgan fingerprint density at radius 1 is 1.24 bits per heavy atom. The van der Waals surface area contributed by atoms with Gasteiger partial charge in [0.1, 0.15) is 0 Å². The zero-order valence-electron chi connectivity index (χ0n) is 10.3. The first-order chi connectivity index (χ1) is 8.17. The summed E-state index contributed by atoms with van der Waals surface area (Å²) in [6, 6.07) is 3.62. The third kappa shape index (κ3) is 2.88. The van der Waals surface area contributed by atoms with Gasteiger partial charge in [-0.15, -0.1) is 13.2 Å². The molecule has 17 heavy (non-hydrogen) atoms. The first-order valence-electron chi connectivity index (χ1n) is 5.34. The number of ether oxygens (including phenoxy) is 2. The van der Waals surface area contributed by atoms with Crippen molar-refractivity contribution in [2.75, 3.05) is 14.2 Å². The van der Waals surface area contributed by atoms with E-state index in [9.17, 15) is 5.11 Å². The molecule has 1 rings (SSSR count). The molecule has 0 amide bonds. The van der Waals surface area contributed by atoms with Gasteiger partial charge in [0, 0.05) is 0 Å². The van der Waals surface area contributed by atoms with Gasteiger partial charge in [0.25, 0.3) is 0 Å². The molecule has 0 bridgehead atoms. The summed E-state index contributed by atoms with van der Waals surface area (Å²) < 4.78 is 10.4. The lowest BCUT2D eigenvalue weighted by atomic mass is 9.99. The van der Waals surface area contributed by atoms with Crippen LogP contribution in [0.25, 0.3) is 0 Å². The highest BCUT2D eigenvalue weighted by atomic mass is 16.5. The Morgan fingerprint density at radius 2 is 1.82 bits per heavy atom. The molecule has 3 nitrogen and oxygen atoms in total. The summed E-state index contributed by atoms with van der Waals surface area (Å²) in [6.45, 7) is 7.29. The van der Waals surface area contributed by atoms with Gasteiger partial charge in [-0.1, -0.05) is 12.2 Å². The second-order valence-electron chi connectivity index (χ2n) is 3.58. The molecule has 0 aromatic heterocycles. The fourth-order valence-corrected chi connectivity index (χ4v) is 1.67. The minimum Gasteiger partial charge on any atom is -0.493 e. The molecule has 0 aliphatic heterocycles. The van der Waals surface area contributed by atoms with E-state index in [1.807, 2.05) is 6.07 Å². The number of benzene rings is 1. The zero-order valence-corrected chi connectivity index (χ0v) is 10.3. The van der Waals surface area contributed by atoms with E-state index in [1.54, 1.807) is 26.4 Å². The summed E-state index contributed by atoms with van der Waals surface area (Å²) in [5.41, 5.74) is 1.71. The van der Waals surface area contributed by atoms with Crippen LogP contribution in [0.3, 0.4) is 0 Å². The van der Waals surface area contributed by atoms with Gasteiger partial charge in [0.05, 0.1) is 20.3 Å². The summed E-state index contributed by atoms with van der Waals surface area (Å²) in [5, 5.41) is 9.87. The molecule has 0 saturated carbocycles. The van der Waals surface area contributed by atoms with Crippen molar-refractivity contribution < 1.29 is 14.6 Å². The Hall–Kier alpha value is -1.74.